The molecule has 0 aromatic heterocycles. The number of hydrogen-bond donors (Lipinski definition) is 0. The minimum Gasteiger partial charge on any atom is -0.462 e. The van der Waals surface area contributed by atoms with Gasteiger partial charge in [0.2, 0.25) is 5.91 Å². The number of nitrogens with zero attached hydrogens (tertiary/aromatic N) is 1. The Bertz CT molecular complexity index is 1240. The Labute approximate surface area is 206 Å². The Kier molecular flexibility index (Phi) is 5.68. The normalized spacial score (nSPS) is 26.7. The van der Waals surface area contributed by atoms with Crippen molar-refractivity contribution >= 4 is 11.9 Å². The highest BCUT2D eigenvalue weighted by molar-refractivity contribution is 5.90. The van der Waals surface area contributed by atoms with Crippen LogP contribution in [0.1, 0.15) is 70.6 Å². The molecule has 0 unspecified atom stereocenters. The lowest BCUT2D eigenvalue weighted by Crippen LogP contribution is -2.41. The van der Waals surface area contributed by atoms with Crippen LogP contribution in [0.3, 0.4) is 0 Å². The number of ether oxygens (including phenoxy) is 1. The number of rotatable bonds is 5. The zero-order valence-corrected chi connectivity index (χ0v) is 20.1. The van der Waals surface area contributed by atoms with Gasteiger partial charge in [0, 0.05) is 18.5 Å². The Balaban J connectivity index is 1.48. The molecule has 178 valence electrons. The molecule has 5 atom stereocenters. The van der Waals surface area contributed by atoms with E-state index in [1.807, 2.05) is 37.3 Å². The Morgan fingerprint density at radius 2 is 1.69 bits per heavy atom. The van der Waals surface area contributed by atoms with Gasteiger partial charge in [-0.05, 0) is 66.0 Å². The molecule has 1 saturated heterocycles. The van der Waals surface area contributed by atoms with Crippen LogP contribution in [0.25, 0.3) is 0 Å². The van der Waals surface area contributed by atoms with E-state index in [-0.39, 0.29) is 41.6 Å². The van der Waals surface area contributed by atoms with Crippen molar-refractivity contribution in [1.82, 2.24) is 4.90 Å². The van der Waals surface area contributed by atoms with E-state index in [1.165, 1.54) is 22.3 Å². The lowest BCUT2D eigenvalue weighted by Gasteiger charge is -2.45. The van der Waals surface area contributed by atoms with Crippen LogP contribution in [0.4, 0.5) is 0 Å². The third kappa shape index (κ3) is 3.67. The molecule has 3 aromatic carbocycles. The first-order chi connectivity index (χ1) is 17.2. The van der Waals surface area contributed by atoms with Crippen molar-refractivity contribution in [2.75, 3.05) is 6.61 Å². The van der Waals surface area contributed by atoms with Crippen molar-refractivity contribution in [3.63, 3.8) is 0 Å². The summed E-state index contributed by atoms with van der Waals surface area (Å²) < 4.78 is 5.32. The molecule has 4 heteroatoms. The highest BCUT2D eigenvalue weighted by Crippen LogP contribution is 2.59. The van der Waals surface area contributed by atoms with E-state index < -0.39 is 0 Å². The van der Waals surface area contributed by atoms with Gasteiger partial charge in [-0.25, -0.2) is 4.79 Å². The van der Waals surface area contributed by atoms with Gasteiger partial charge in [0.15, 0.2) is 0 Å². The van der Waals surface area contributed by atoms with Gasteiger partial charge in [0.25, 0.3) is 0 Å². The molecular weight excluding hydrogens is 434 g/mol. The molecule has 0 N–H and O–H groups in total. The number of carbonyl (C=O) groups excluding carboxylic acids is 2. The van der Waals surface area contributed by atoms with Gasteiger partial charge < -0.3 is 9.64 Å². The Morgan fingerprint density at radius 1 is 0.943 bits per heavy atom. The topological polar surface area (TPSA) is 46.6 Å². The quantitative estimate of drug-likeness (QED) is 0.440. The van der Waals surface area contributed by atoms with E-state index in [1.54, 1.807) is 0 Å². The molecule has 1 heterocycles. The van der Waals surface area contributed by atoms with Crippen molar-refractivity contribution < 1.29 is 14.3 Å². The molecule has 3 aromatic rings. The van der Waals surface area contributed by atoms with Crippen LogP contribution in [0.15, 0.2) is 78.9 Å². The van der Waals surface area contributed by atoms with E-state index in [9.17, 15) is 9.59 Å². The average Bonchev–Trinajstić information content (AvgIpc) is 3.17. The molecule has 0 spiro atoms. The highest BCUT2D eigenvalue weighted by Gasteiger charge is 2.58. The van der Waals surface area contributed by atoms with Crippen molar-refractivity contribution in [2.24, 2.45) is 11.8 Å². The number of esters is 1. The standard InChI is InChI=1S/C31H31NO3/c1-2-35-31(34)22-16-17-24-25(18-22)23-14-9-15-26-28(23)29(27(24)21-12-7-4-8-13-21)30(33)32(26)19-20-10-5-3-6-11-20/h3-8,10-13,16-18,23,26-29H,2,9,14-15,19H2,1H3/t23-,26-,27+,28+,29-/m0/s1. The third-order valence-electron chi connectivity index (χ3n) is 8.35. The fraction of sp³-hybridized carbons (Fsp3) is 0.355. The van der Waals surface area contributed by atoms with E-state index in [0.717, 1.165) is 19.3 Å². The molecular formula is C31H31NO3. The van der Waals surface area contributed by atoms with Gasteiger partial charge in [-0.1, -0.05) is 73.2 Å². The van der Waals surface area contributed by atoms with Crippen LogP contribution < -0.4 is 0 Å². The smallest absolute Gasteiger partial charge is 0.338 e. The van der Waals surface area contributed by atoms with Gasteiger partial charge in [-0.2, -0.15) is 0 Å². The van der Waals surface area contributed by atoms with Crippen molar-refractivity contribution in [2.45, 2.75) is 50.6 Å². The highest BCUT2D eigenvalue weighted by atomic mass is 16.5. The minimum absolute atomic E-state index is 0.00225. The Hall–Kier alpha value is -3.40. The molecule has 3 aliphatic rings. The third-order valence-corrected chi connectivity index (χ3v) is 8.35. The summed E-state index contributed by atoms with van der Waals surface area (Å²) in [7, 11) is 0. The average molecular weight is 466 g/mol. The molecule has 1 aliphatic heterocycles. The van der Waals surface area contributed by atoms with E-state index in [0.29, 0.717) is 18.7 Å². The number of benzene rings is 3. The predicted octanol–water partition coefficient (Wildman–Crippen LogP) is 5.92. The summed E-state index contributed by atoms with van der Waals surface area (Å²) in [6.45, 7) is 2.86. The summed E-state index contributed by atoms with van der Waals surface area (Å²) in [6.07, 6.45) is 3.20. The van der Waals surface area contributed by atoms with Crippen LogP contribution in [0, 0.1) is 11.8 Å². The molecule has 4 nitrogen and oxygen atoms in total. The molecule has 1 amide bonds. The number of fused-ring (bicyclic) bond motifs is 2. The molecule has 2 fully saturated rings. The molecule has 0 bridgehead atoms. The van der Waals surface area contributed by atoms with Crippen molar-refractivity contribution in [3.05, 3.63) is 107 Å². The fourth-order valence-electron chi connectivity index (χ4n) is 7.04. The maximum Gasteiger partial charge on any atom is 0.338 e. The second-order valence-electron chi connectivity index (χ2n) is 10.1. The minimum atomic E-state index is -0.269. The number of amides is 1. The molecule has 1 saturated carbocycles. The lowest BCUT2D eigenvalue weighted by atomic mass is 9.58. The van der Waals surface area contributed by atoms with Gasteiger partial charge in [0.1, 0.15) is 0 Å². The van der Waals surface area contributed by atoms with E-state index >= 15 is 0 Å². The predicted molar refractivity (Wildman–Crippen MR) is 135 cm³/mol. The number of likely N-dealkylation sites (tertiary alicyclic amines) is 1. The van der Waals surface area contributed by atoms with Crippen LogP contribution in [0.5, 0.6) is 0 Å². The number of hydrogen-bond acceptors (Lipinski definition) is 3. The molecule has 6 rings (SSSR count). The van der Waals surface area contributed by atoms with Crippen LogP contribution in [-0.2, 0) is 16.1 Å². The van der Waals surface area contributed by atoms with Crippen molar-refractivity contribution in [1.29, 1.82) is 0 Å². The first kappa shape index (κ1) is 22.1. The summed E-state index contributed by atoms with van der Waals surface area (Å²) >= 11 is 0. The van der Waals surface area contributed by atoms with E-state index in [2.05, 4.69) is 53.4 Å². The maximum absolute atomic E-state index is 14.2. The van der Waals surface area contributed by atoms with Gasteiger partial charge in [-0.15, -0.1) is 0 Å². The molecule has 0 radical (unpaired) electrons. The Morgan fingerprint density at radius 3 is 2.43 bits per heavy atom. The van der Waals surface area contributed by atoms with Gasteiger partial charge in [0.05, 0.1) is 18.1 Å². The molecule has 2 aliphatic carbocycles. The zero-order chi connectivity index (χ0) is 23.9. The second-order valence-corrected chi connectivity index (χ2v) is 10.1. The lowest BCUT2D eigenvalue weighted by molar-refractivity contribution is -0.133. The van der Waals surface area contributed by atoms with Gasteiger partial charge in [-0.3, -0.25) is 4.79 Å². The summed E-state index contributed by atoms with van der Waals surface area (Å²) in [5.41, 5.74) is 5.42. The zero-order valence-electron chi connectivity index (χ0n) is 20.1. The summed E-state index contributed by atoms with van der Waals surface area (Å²) in [5.74, 6) is 0.483. The maximum atomic E-state index is 14.2. The van der Waals surface area contributed by atoms with Crippen molar-refractivity contribution in [3.8, 4) is 0 Å². The molecule has 35 heavy (non-hydrogen) atoms. The van der Waals surface area contributed by atoms with Crippen LogP contribution in [-0.4, -0.2) is 29.4 Å². The summed E-state index contributed by atoms with van der Waals surface area (Å²) in [5, 5.41) is 0. The largest absolute Gasteiger partial charge is 0.462 e. The SMILES string of the molecule is CCOC(=O)c1ccc2c(c1)[C@@H]1CCC[C@H]3[C@@H]1[C@@H](C(=O)N3Cc1ccccc1)[C@@H]2c1ccccc1. The summed E-state index contributed by atoms with van der Waals surface area (Å²) in [4.78, 5) is 29.0. The monoisotopic (exact) mass is 465 g/mol. The second kappa shape index (κ2) is 8.99. The van der Waals surface area contributed by atoms with Crippen LogP contribution >= 0.6 is 0 Å². The fourth-order valence-corrected chi connectivity index (χ4v) is 7.04. The first-order valence-electron chi connectivity index (χ1n) is 12.9. The number of carbonyl (C=O) groups is 2. The first-order valence-corrected chi connectivity index (χ1v) is 12.9. The summed E-state index contributed by atoms with van der Waals surface area (Å²) in [6, 6.07) is 27.1. The van der Waals surface area contributed by atoms with E-state index in [4.69, 9.17) is 4.74 Å². The van der Waals surface area contributed by atoms with Gasteiger partial charge >= 0.3 is 5.97 Å². The van der Waals surface area contributed by atoms with Crippen LogP contribution in [0.2, 0.25) is 0 Å².